The molecule has 4 aromatic rings. The van der Waals surface area contributed by atoms with Crippen molar-refractivity contribution in [1.29, 1.82) is 0 Å². The molecular weight excluding hydrogens is 440 g/mol. The Labute approximate surface area is 218 Å². The van der Waals surface area contributed by atoms with Crippen LogP contribution in [0.25, 0.3) is 32.3 Å². The summed E-state index contributed by atoms with van der Waals surface area (Å²) in [6, 6.07) is 22.2. The number of ether oxygens (including phenoxy) is 2. The summed E-state index contributed by atoms with van der Waals surface area (Å²) in [7, 11) is 0. The van der Waals surface area contributed by atoms with E-state index in [4.69, 9.17) is 9.47 Å². The Hall–Kier alpha value is -2.74. The molecule has 0 N–H and O–H groups in total. The molecule has 0 aliphatic heterocycles. The van der Waals surface area contributed by atoms with Crippen LogP contribution in [0, 0.1) is 0 Å². The van der Waals surface area contributed by atoms with E-state index < -0.39 is 0 Å². The van der Waals surface area contributed by atoms with Crippen LogP contribution in [-0.4, -0.2) is 13.2 Å². The monoisotopic (exact) mass is 484 g/mol. The zero-order valence-corrected chi connectivity index (χ0v) is 22.5. The smallest absolute Gasteiger partial charge is 0.119 e. The van der Waals surface area contributed by atoms with Gasteiger partial charge in [-0.2, -0.15) is 0 Å². The zero-order valence-electron chi connectivity index (χ0n) is 22.5. The van der Waals surface area contributed by atoms with Gasteiger partial charge in [0.1, 0.15) is 11.5 Å². The summed E-state index contributed by atoms with van der Waals surface area (Å²) < 4.78 is 12.2. The van der Waals surface area contributed by atoms with Crippen LogP contribution in [-0.2, 0) is 0 Å². The molecular formula is C34H44O2. The molecule has 0 heterocycles. The predicted molar refractivity (Wildman–Crippen MR) is 157 cm³/mol. The van der Waals surface area contributed by atoms with Gasteiger partial charge >= 0.3 is 0 Å². The summed E-state index contributed by atoms with van der Waals surface area (Å²) in [6.07, 6.45) is 15.4. The van der Waals surface area contributed by atoms with Crippen LogP contribution in [0.5, 0.6) is 11.5 Å². The van der Waals surface area contributed by atoms with E-state index in [9.17, 15) is 0 Å². The van der Waals surface area contributed by atoms with E-state index in [0.29, 0.717) is 0 Å². The molecule has 0 spiro atoms. The topological polar surface area (TPSA) is 18.5 Å². The molecule has 2 nitrogen and oxygen atoms in total. The first kappa shape index (κ1) is 26.3. The van der Waals surface area contributed by atoms with Gasteiger partial charge in [0.15, 0.2) is 0 Å². The highest BCUT2D eigenvalue weighted by atomic mass is 16.5. The van der Waals surface area contributed by atoms with Gasteiger partial charge in [-0.15, -0.1) is 0 Å². The third-order valence-corrected chi connectivity index (χ3v) is 7.23. The summed E-state index contributed by atoms with van der Waals surface area (Å²) in [4.78, 5) is 0. The van der Waals surface area contributed by atoms with Gasteiger partial charge in [0.25, 0.3) is 0 Å². The third kappa shape index (κ3) is 7.63. The fourth-order valence-corrected chi connectivity index (χ4v) is 5.03. The van der Waals surface area contributed by atoms with Crippen LogP contribution in [0.1, 0.15) is 90.9 Å². The van der Waals surface area contributed by atoms with E-state index in [0.717, 1.165) is 37.6 Å². The number of hydrogen-bond donors (Lipinski definition) is 0. The van der Waals surface area contributed by atoms with E-state index in [-0.39, 0.29) is 0 Å². The SMILES string of the molecule is CCCCCCCCOc1ccc2cc3cc4ccc(OCCCCCCCC)cc4cc3cc2c1. The molecule has 0 fully saturated rings. The molecule has 0 aliphatic carbocycles. The lowest BCUT2D eigenvalue weighted by Crippen LogP contribution is -1.97. The molecule has 0 unspecified atom stereocenters. The summed E-state index contributed by atoms with van der Waals surface area (Å²) in [5, 5.41) is 7.52. The molecule has 4 aromatic carbocycles. The van der Waals surface area contributed by atoms with Crippen molar-refractivity contribution in [3.8, 4) is 11.5 Å². The molecule has 0 aliphatic rings. The van der Waals surface area contributed by atoms with Crippen molar-refractivity contribution in [2.24, 2.45) is 0 Å². The quantitative estimate of drug-likeness (QED) is 0.116. The first-order valence-corrected chi connectivity index (χ1v) is 14.4. The van der Waals surface area contributed by atoms with Crippen molar-refractivity contribution >= 4 is 32.3 Å². The molecule has 0 radical (unpaired) electrons. The standard InChI is InChI=1S/C34H44O2/c1-3-5-7-9-11-13-19-35-33-17-15-27-21-29-22-28-16-18-34(36-20-14-12-10-8-6-4-2)26-32(28)24-30(29)23-31(27)25-33/h15-18,21-26H,3-14,19-20H2,1-2H3. The number of benzene rings is 4. The lowest BCUT2D eigenvalue weighted by Gasteiger charge is -2.10. The van der Waals surface area contributed by atoms with Gasteiger partial charge < -0.3 is 9.47 Å². The minimum Gasteiger partial charge on any atom is -0.494 e. The second kappa shape index (κ2) is 14.1. The first-order valence-electron chi connectivity index (χ1n) is 14.4. The highest BCUT2D eigenvalue weighted by Crippen LogP contribution is 2.31. The molecule has 0 bridgehead atoms. The highest BCUT2D eigenvalue weighted by Gasteiger charge is 2.05. The van der Waals surface area contributed by atoms with Gasteiger partial charge in [-0.05, 0) is 93.7 Å². The fraction of sp³-hybridized carbons (Fsp3) is 0.471. The van der Waals surface area contributed by atoms with Crippen molar-refractivity contribution in [1.82, 2.24) is 0 Å². The number of unbranched alkanes of at least 4 members (excludes halogenated alkanes) is 10. The Kier molecular flexibility index (Phi) is 10.3. The Bertz CT molecular complexity index is 1130. The van der Waals surface area contributed by atoms with Gasteiger partial charge in [-0.3, -0.25) is 0 Å². The molecule has 0 aromatic heterocycles. The molecule has 36 heavy (non-hydrogen) atoms. The van der Waals surface area contributed by atoms with Gasteiger partial charge in [-0.25, -0.2) is 0 Å². The van der Waals surface area contributed by atoms with Crippen molar-refractivity contribution in [2.45, 2.75) is 90.9 Å². The molecule has 4 rings (SSSR count). The first-order chi connectivity index (χ1) is 17.8. The van der Waals surface area contributed by atoms with Crippen LogP contribution in [0.3, 0.4) is 0 Å². The number of fused-ring (bicyclic) bond motifs is 3. The van der Waals surface area contributed by atoms with Crippen LogP contribution in [0.2, 0.25) is 0 Å². The fourth-order valence-electron chi connectivity index (χ4n) is 5.03. The lowest BCUT2D eigenvalue weighted by atomic mass is 9.99. The Morgan fingerprint density at radius 3 is 1.19 bits per heavy atom. The predicted octanol–water partition coefficient (Wildman–Crippen LogP) is 10.6. The minimum absolute atomic E-state index is 0.803. The number of hydrogen-bond acceptors (Lipinski definition) is 2. The highest BCUT2D eigenvalue weighted by molar-refractivity contribution is 6.05. The molecule has 0 saturated heterocycles. The molecule has 0 amide bonds. The Morgan fingerprint density at radius 2 is 0.750 bits per heavy atom. The Balaban J connectivity index is 1.39. The number of rotatable bonds is 16. The maximum atomic E-state index is 6.08. The summed E-state index contributed by atoms with van der Waals surface area (Å²) in [5.41, 5.74) is 0. The molecule has 0 atom stereocenters. The maximum Gasteiger partial charge on any atom is 0.119 e. The summed E-state index contributed by atoms with van der Waals surface area (Å²) in [6.45, 7) is 6.13. The van der Waals surface area contributed by atoms with Crippen molar-refractivity contribution in [3.63, 3.8) is 0 Å². The van der Waals surface area contributed by atoms with Crippen LogP contribution in [0.15, 0.2) is 60.7 Å². The van der Waals surface area contributed by atoms with Crippen molar-refractivity contribution < 1.29 is 9.47 Å². The largest absolute Gasteiger partial charge is 0.494 e. The van der Waals surface area contributed by atoms with Crippen molar-refractivity contribution in [3.05, 3.63) is 60.7 Å². The summed E-state index contributed by atoms with van der Waals surface area (Å²) in [5.74, 6) is 1.95. The van der Waals surface area contributed by atoms with E-state index in [2.05, 4.69) is 74.5 Å². The minimum atomic E-state index is 0.803. The van der Waals surface area contributed by atoms with Crippen LogP contribution in [0.4, 0.5) is 0 Å². The van der Waals surface area contributed by atoms with Crippen LogP contribution >= 0.6 is 0 Å². The van der Waals surface area contributed by atoms with E-state index in [1.54, 1.807) is 0 Å². The molecule has 2 heteroatoms. The summed E-state index contributed by atoms with van der Waals surface area (Å²) >= 11 is 0. The van der Waals surface area contributed by atoms with E-state index in [1.165, 1.54) is 96.5 Å². The zero-order chi connectivity index (χ0) is 25.0. The van der Waals surface area contributed by atoms with Gasteiger partial charge in [0.2, 0.25) is 0 Å². The van der Waals surface area contributed by atoms with Gasteiger partial charge in [-0.1, -0.05) is 90.2 Å². The van der Waals surface area contributed by atoms with E-state index >= 15 is 0 Å². The second-order valence-corrected chi connectivity index (χ2v) is 10.3. The average Bonchev–Trinajstić information content (AvgIpc) is 2.89. The molecule has 192 valence electrons. The lowest BCUT2D eigenvalue weighted by molar-refractivity contribution is 0.304. The average molecular weight is 485 g/mol. The third-order valence-electron chi connectivity index (χ3n) is 7.23. The van der Waals surface area contributed by atoms with E-state index in [1.807, 2.05) is 0 Å². The maximum absolute atomic E-state index is 6.08. The normalized spacial score (nSPS) is 11.5. The van der Waals surface area contributed by atoms with Gasteiger partial charge in [0.05, 0.1) is 13.2 Å². The molecule has 0 saturated carbocycles. The van der Waals surface area contributed by atoms with Gasteiger partial charge in [0, 0.05) is 0 Å². The Morgan fingerprint density at radius 1 is 0.389 bits per heavy atom. The van der Waals surface area contributed by atoms with Crippen molar-refractivity contribution in [2.75, 3.05) is 13.2 Å². The second-order valence-electron chi connectivity index (χ2n) is 10.3. The van der Waals surface area contributed by atoms with Crippen LogP contribution < -0.4 is 9.47 Å².